The lowest BCUT2D eigenvalue weighted by molar-refractivity contribution is 0.284. The number of nitrogens with zero attached hydrogens (tertiary/aromatic N) is 2. The van der Waals surface area contributed by atoms with Crippen LogP contribution in [-0.4, -0.2) is 28.3 Å². The molecule has 1 aromatic heterocycles. The minimum atomic E-state index is 0.758. The number of halogens is 2. The zero-order chi connectivity index (χ0) is 11.1. The second-order valence-corrected chi connectivity index (χ2v) is 4.63. The van der Waals surface area contributed by atoms with Gasteiger partial charge in [0.1, 0.15) is 0 Å². The van der Waals surface area contributed by atoms with E-state index in [-0.39, 0.29) is 0 Å². The Labute approximate surface area is 105 Å². The van der Waals surface area contributed by atoms with Gasteiger partial charge < -0.3 is 0 Å². The fraction of sp³-hybridized carbons (Fsp3) is 0.545. The van der Waals surface area contributed by atoms with Crippen LogP contribution in [0, 0.1) is 0 Å². The third-order valence-corrected chi connectivity index (χ3v) is 2.89. The van der Waals surface area contributed by atoms with Crippen LogP contribution in [0.15, 0.2) is 18.5 Å². The van der Waals surface area contributed by atoms with E-state index in [1.165, 1.54) is 0 Å². The summed E-state index contributed by atoms with van der Waals surface area (Å²) >= 11 is 9.53. The lowest BCUT2D eigenvalue weighted by Gasteiger charge is -2.20. The average molecular weight is 292 g/mol. The van der Waals surface area contributed by atoms with Crippen LogP contribution in [0.5, 0.6) is 0 Å². The molecule has 0 atom stereocenters. The fourth-order valence-electron chi connectivity index (χ4n) is 1.48. The van der Waals surface area contributed by atoms with Crippen LogP contribution in [0.3, 0.4) is 0 Å². The van der Waals surface area contributed by atoms with Crippen LogP contribution in [0.2, 0.25) is 5.02 Å². The number of rotatable bonds is 6. The van der Waals surface area contributed by atoms with Crippen LogP contribution in [0.1, 0.15) is 18.9 Å². The van der Waals surface area contributed by atoms with Crippen LogP contribution in [0.25, 0.3) is 0 Å². The first-order valence-electron chi connectivity index (χ1n) is 5.14. The van der Waals surface area contributed by atoms with E-state index in [0.29, 0.717) is 0 Å². The molecule has 1 aromatic rings. The smallest absolute Gasteiger partial charge is 0.0634 e. The van der Waals surface area contributed by atoms with E-state index < -0.39 is 0 Å². The van der Waals surface area contributed by atoms with Crippen molar-refractivity contribution in [3.05, 3.63) is 29.0 Å². The SMILES string of the molecule is CCCN(CCBr)Cc1ccncc1Cl. The number of aromatic nitrogens is 1. The molecule has 4 heteroatoms. The van der Waals surface area contributed by atoms with Crippen molar-refractivity contribution in [3.63, 3.8) is 0 Å². The van der Waals surface area contributed by atoms with Gasteiger partial charge in [-0.15, -0.1) is 0 Å². The average Bonchev–Trinajstić information content (AvgIpc) is 2.22. The van der Waals surface area contributed by atoms with E-state index in [4.69, 9.17) is 11.6 Å². The Kier molecular flexibility index (Phi) is 6.22. The van der Waals surface area contributed by atoms with Crippen LogP contribution in [0.4, 0.5) is 0 Å². The normalized spacial score (nSPS) is 10.9. The van der Waals surface area contributed by atoms with Crippen LogP contribution < -0.4 is 0 Å². The van der Waals surface area contributed by atoms with E-state index in [9.17, 15) is 0 Å². The molecule has 0 aliphatic rings. The Balaban J connectivity index is 2.60. The number of alkyl halides is 1. The van der Waals surface area contributed by atoms with E-state index in [2.05, 4.69) is 32.7 Å². The first kappa shape index (κ1) is 12.9. The lowest BCUT2D eigenvalue weighted by atomic mass is 10.2. The summed E-state index contributed by atoms with van der Waals surface area (Å²) < 4.78 is 0. The van der Waals surface area contributed by atoms with Crippen LogP contribution in [-0.2, 0) is 6.54 Å². The predicted molar refractivity (Wildman–Crippen MR) is 68.6 cm³/mol. The van der Waals surface area contributed by atoms with Gasteiger partial charge >= 0.3 is 0 Å². The topological polar surface area (TPSA) is 16.1 Å². The highest BCUT2D eigenvalue weighted by molar-refractivity contribution is 9.09. The summed E-state index contributed by atoms with van der Waals surface area (Å²) in [6.07, 6.45) is 4.66. The van der Waals surface area contributed by atoms with Crippen molar-refractivity contribution in [1.29, 1.82) is 0 Å². The van der Waals surface area contributed by atoms with Crippen molar-refractivity contribution >= 4 is 27.5 Å². The van der Waals surface area contributed by atoms with Crippen molar-refractivity contribution in [2.24, 2.45) is 0 Å². The highest BCUT2D eigenvalue weighted by Gasteiger charge is 2.06. The van der Waals surface area contributed by atoms with Crippen LogP contribution >= 0.6 is 27.5 Å². The first-order chi connectivity index (χ1) is 7.27. The second-order valence-electron chi connectivity index (χ2n) is 3.43. The maximum absolute atomic E-state index is 6.07. The zero-order valence-electron chi connectivity index (χ0n) is 8.92. The molecule has 0 saturated carbocycles. The summed E-state index contributed by atoms with van der Waals surface area (Å²) in [5.41, 5.74) is 1.15. The quantitative estimate of drug-likeness (QED) is 0.747. The molecule has 0 bridgehead atoms. The fourth-order valence-corrected chi connectivity index (χ4v) is 2.16. The Bertz CT molecular complexity index is 288. The molecule has 0 aromatic carbocycles. The van der Waals surface area contributed by atoms with Gasteiger partial charge in [-0.25, -0.2) is 0 Å². The highest BCUT2D eigenvalue weighted by Crippen LogP contribution is 2.15. The first-order valence-corrected chi connectivity index (χ1v) is 6.64. The standard InChI is InChI=1S/C11H16BrClN2/c1-2-6-15(7-4-12)9-10-3-5-14-8-11(10)13/h3,5,8H,2,4,6-7,9H2,1H3. The molecule has 0 unspecified atom stereocenters. The maximum Gasteiger partial charge on any atom is 0.0634 e. The Hall–Kier alpha value is -0.120. The summed E-state index contributed by atoms with van der Waals surface area (Å²) in [4.78, 5) is 6.37. The van der Waals surface area contributed by atoms with Gasteiger partial charge in [0.2, 0.25) is 0 Å². The molecular formula is C11H16BrClN2. The molecule has 0 radical (unpaired) electrons. The molecule has 2 nitrogen and oxygen atoms in total. The molecule has 0 spiro atoms. The third-order valence-electron chi connectivity index (χ3n) is 2.19. The van der Waals surface area contributed by atoms with Gasteiger partial charge in [0.05, 0.1) is 5.02 Å². The van der Waals surface area contributed by atoms with E-state index in [1.807, 2.05) is 6.07 Å². The molecule has 1 heterocycles. The summed E-state index contributed by atoms with van der Waals surface area (Å²) in [5, 5.41) is 1.75. The summed E-state index contributed by atoms with van der Waals surface area (Å²) in [5.74, 6) is 0. The molecule has 0 aliphatic heterocycles. The summed E-state index contributed by atoms with van der Waals surface area (Å²) in [7, 11) is 0. The molecule has 0 saturated heterocycles. The predicted octanol–water partition coefficient (Wildman–Crippen LogP) is 3.34. The van der Waals surface area contributed by atoms with Crippen molar-refractivity contribution in [2.75, 3.05) is 18.4 Å². The molecule has 1 rings (SSSR count). The highest BCUT2D eigenvalue weighted by atomic mass is 79.9. The van der Waals surface area contributed by atoms with Gasteiger partial charge in [0.15, 0.2) is 0 Å². The van der Waals surface area contributed by atoms with Gasteiger partial charge in [-0.05, 0) is 24.6 Å². The lowest BCUT2D eigenvalue weighted by Crippen LogP contribution is -2.26. The monoisotopic (exact) mass is 290 g/mol. The van der Waals surface area contributed by atoms with E-state index in [0.717, 1.165) is 42.0 Å². The molecule has 15 heavy (non-hydrogen) atoms. The Morgan fingerprint density at radius 2 is 2.27 bits per heavy atom. The van der Waals surface area contributed by atoms with Crippen molar-refractivity contribution in [1.82, 2.24) is 9.88 Å². The van der Waals surface area contributed by atoms with Gasteiger partial charge in [-0.2, -0.15) is 0 Å². The molecule has 0 aliphatic carbocycles. The minimum Gasteiger partial charge on any atom is -0.298 e. The van der Waals surface area contributed by atoms with Crippen molar-refractivity contribution < 1.29 is 0 Å². The molecule has 0 fully saturated rings. The molecule has 0 amide bonds. The summed E-state index contributed by atoms with van der Waals surface area (Å²) in [6, 6.07) is 1.99. The van der Waals surface area contributed by atoms with Gasteiger partial charge in [0.25, 0.3) is 0 Å². The van der Waals surface area contributed by atoms with Crippen molar-refractivity contribution in [2.45, 2.75) is 19.9 Å². The van der Waals surface area contributed by atoms with Crippen molar-refractivity contribution in [3.8, 4) is 0 Å². The Morgan fingerprint density at radius 3 is 2.87 bits per heavy atom. The van der Waals surface area contributed by atoms with Gasteiger partial charge in [-0.3, -0.25) is 9.88 Å². The maximum atomic E-state index is 6.07. The Morgan fingerprint density at radius 1 is 1.47 bits per heavy atom. The number of hydrogen-bond acceptors (Lipinski definition) is 2. The third kappa shape index (κ3) is 4.49. The molecular weight excluding hydrogens is 275 g/mol. The molecule has 84 valence electrons. The molecule has 0 N–H and O–H groups in total. The largest absolute Gasteiger partial charge is 0.298 e. The van der Waals surface area contributed by atoms with Gasteiger partial charge in [0, 0.05) is 30.8 Å². The zero-order valence-corrected chi connectivity index (χ0v) is 11.3. The van der Waals surface area contributed by atoms with E-state index in [1.54, 1.807) is 12.4 Å². The minimum absolute atomic E-state index is 0.758. The summed E-state index contributed by atoms with van der Waals surface area (Å²) in [6.45, 7) is 5.24. The van der Waals surface area contributed by atoms with Gasteiger partial charge in [-0.1, -0.05) is 34.5 Å². The van der Waals surface area contributed by atoms with E-state index >= 15 is 0 Å². The number of pyridine rings is 1. The number of hydrogen-bond donors (Lipinski definition) is 0. The second kappa shape index (κ2) is 7.20.